The van der Waals surface area contributed by atoms with Crippen molar-refractivity contribution in [2.45, 2.75) is 6.18 Å². The predicted molar refractivity (Wildman–Crippen MR) is 63.2 cm³/mol. The molecule has 0 aliphatic rings. The first-order valence-electron chi connectivity index (χ1n) is 5.25. The molecule has 1 N–H and O–H groups in total. The Morgan fingerprint density at radius 1 is 1.29 bits per heavy atom. The third kappa shape index (κ3) is 3.68. The summed E-state index contributed by atoms with van der Waals surface area (Å²) < 4.78 is 78.5. The first-order chi connectivity index (χ1) is 9.56. The molecule has 2 aromatic rings. The van der Waals surface area contributed by atoms with Gasteiger partial charge in [0.25, 0.3) is 0 Å². The minimum atomic E-state index is -4.80. The summed E-state index contributed by atoms with van der Waals surface area (Å²) in [7, 11) is -3.68. The highest BCUT2D eigenvalue weighted by molar-refractivity contribution is 7.92. The van der Waals surface area contributed by atoms with Crippen molar-refractivity contribution >= 4 is 15.7 Å². The molecule has 1 heterocycles. The van der Waals surface area contributed by atoms with Crippen molar-refractivity contribution in [3.8, 4) is 11.4 Å². The molecular weight excluding hydrogens is 318 g/mol. The van der Waals surface area contributed by atoms with Gasteiger partial charge in [-0.3, -0.25) is 4.72 Å². The summed E-state index contributed by atoms with van der Waals surface area (Å²) in [5, 5.41) is 3.09. The van der Waals surface area contributed by atoms with Gasteiger partial charge < -0.3 is 4.52 Å². The number of nitrogens with one attached hydrogen (secondary N) is 1. The van der Waals surface area contributed by atoms with Gasteiger partial charge in [0, 0.05) is 5.56 Å². The number of hydrogen-bond acceptors (Lipinski definition) is 5. The van der Waals surface area contributed by atoms with Crippen molar-refractivity contribution in [3.63, 3.8) is 0 Å². The summed E-state index contributed by atoms with van der Waals surface area (Å²) in [5.74, 6) is -3.01. The van der Waals surface area contributed by atoms with Crippen LogP contribution in [0.3, 0.4) is 0 Å². The maximum Gasteiger partial charge on any atom is 0.471 e. The Labute approximate surface area is 115 Å². The maximum absolute atomic E-state index is 13.7. The third-order valence-corrected chi connectivity index (χ3v) is 2.78. The molecule has 11 heteroatoms. The Balaban J connectivity index is 2.34. The molecule has 0 fully saturated rings. The quantitative estimate of drug-likeness (QED) is 0.875. The van der Waals surface area contributed by atoms with Crippen molar-refractivity contribution in [3.05, 3.63) is 29.9 Å². The average molecular weight is 325 g/mol. The topological polar surface area (TPSA) is 85.1 Å². The van der Waals surface area contributed by atoms with E-state index < -0.39 is 33.7 Å². The van der Waals surface area contributed by atoms with E-state index >= 15 is 0 Å². The lowest BCUT2D eigenvalue weighted by molar-refractivity contribution is -0.159. The van der Waals surface area contributed by atoms with Crippen LogP contribution >= 0.6 is 0 Å². The number of aromatic nitrogens is 2. The zero-order valence-corrected chi connectivity index (χ0v) is 11.1. The van der Waals surface area contributed by atoms with E-state index in [1.165, 1.54) is 0 Å². The van der Waals surface area contributed by atoms with E-state index in [-0.39, 0.29) is 11.3 Å². The van der Waals surface area contributed by atoms with Gasteiger partial charge in [-0.05, 0) is 18.2 Å². The zero-order chi connectivity index (χ0) is 15.8. The number of hydrogen-bond donors (Lipinski definition) is 1. The monoisotopic (exact) mass is 325 g/mol. The van der Waals surface area contributed by atoms with Gasteiger partial charge in [-0.2, -0.15) is 18.2 Å². The molecule has 0 bridgehead atoms. The Bertz CT molecular complexity index is 770. The highest BCUT2D eigenvalue weighted by Crippen LogP contribution is 2.30. The van der Waals surface area contributed by atoms with Crippen molar-refractivity contribution in [1.29, 1.82) is 0 Å². The van der Waals surface area contributed by atoms with Gasteiger partial charge in [-0.15, -0.1) is 0 Å². The lowest BCUT2D eigenvalue weighted by Gasteiger charge is -2.05. The fourth-order valence-electron chi connectivity index (χ4n) is 1.39. The average Bonchev–Trinajstić information content (AvgIpc) is 2.79. The second kappa shape index (κ2) is 4.98. The van der Waals surface area contributed by atoms with Crippen LogP contribution in [0.1, 0.15) is 5.89 Å². The first-order valence-corrected chi connectivity index (χ1v) is 7.14. The zero-order valence-electron chi connectivity index (χ0n) is 10.3. The van der Waals surface area contributed by atoms with Crippen molar-refractivity contribution in [1.82, 2.24) is 10.1 Å². The van der Waals surface area contributed by atoms with Crippen LogP contribution in [0, 0.1) is 5.82 Å². The molecule has 0 saturated carbocycles. The van der Waals surface area contributed by atoms with Crippen LogP contribution in [-0.2, 0) is 16.2 Å². The van der Waals surface area contributed by atoms with Crippen LogP contribution in [0.15, 0.2) is 22.7 Å². The second-order valence-corrected chi connectivity index (χ2v) is 5.74. The van der Waals surface area contributed by atoms with E-state index in [2.05, 4.69) is 14.7 Å². The van der Waals surface area contributed by atoms with Gasteiger partial charge in [-0.25, -0.2) is 12.8 Å². The molecule has 0 radical (unpaired) electrons. The van der Waals surface area contributed by atoms with Crippen LogP contribution in [0.25, 0.3) is 11.4 Å². The number of halogens is 4. The molecule has 0 amide bonds. The molecule has 21 heavy (non-hydrogen) atoms. The first kappa shape index (κ1) is 15.2. The fourth-order valence-corrected chi connectivity index (χ4v) is 1.96. The lowest BCUT2D eigenvalue weighted by atomic mass is 10.2. The van der Waals surface area contributed by atoms with Crippen LogP contribution < -0.4 is 4.72 Å². The minimum absolute atomic E-state index is 0.0919. The molecule has 6 nitrogen and oxygen atoms in total. The van der Waals surface area contributed by atoms with Gasteiger partial charge in [0.1, 0.15) is 5.82 Å². The summed E-state index contributed by atoms with van der Waals surface area (Å²) in [6.45, 7) is 0. The Kier molecular flexibility index (Phi) is 3.61. The number of alkyl halides is 3. The van der Waals surface area contributed by atoms with E-state index in [0.717, 1.165) is 24.5 Å². The molecule has 0 saturated heterocycles. The number of nitrogens with zero attached hydrogens (tertiary/aromatic N) is 2. The predicted octanol–water partition coefficient (Wildman–Crippen LogP) is 2.27. The fraction of sp³-hybridized carbons (Fsp3) is 0.200. The Hall–Kier alpha value is -2.17. The van der Waals surface area contributed by atoms with Crippen molar-refractivity contribution < 1.29 is 30.5 Å². The van der Waals surface area contributed by atoms with Gasteiger partial charge in [0.15, 0.2) is 0 Å². The van der Waals surface area contributed by atoms with Gasteiger partial charge in [0.05, 0.1) is 11.9 Å². The standard InChI is InChI=1S/C10H7F4N3O3S/c1-21(18,19)17-7-3-2-5(4-6(7)11)8-15-9(20-16-8)10(12,13)14/h2-4,17H,1H3. The highest BCUT2D eigenvalue weighted by atomic mass is 32.2. The minimum Gasteiger partial charge on any atom is -0.329 e. The van der Waals surface area contributed by atoms with Crippen molar-refractivity contribution in [2.24, 2.45) is 0 Å². The molecule has 0 aliphatic heterocycles. The molecule has 1 aromatic heterocycles. The number of sulfonamides is 1. The molecule has 0 atom stereocenters. The molecule has 0 unspecified atom stereocenters. The summed E-state index contributed by atoms with van der Waals surface area (Å²) in [6.07, 6.45) is -3.98. The van der Waals surface area contributed by atoms with Crippen LogP contribution in [0.2, 0.25) is 0 Å². The third-order valence-electron chi connectivity index (χ3n) is 2.19. The summed E-state index contributed by atoms with van der Waals surface area (Å²) in [5.41, 5.74) is -0.438. The Morgan fingerprint density at radius 2 is 1.95 bits per heavy atom. The molecule has 0 aliphatic carbocycles. The maximum atomic E-state index is 13.7. The van der Waals surface area contributed by atoms with Gasteiger partial charge in [-0.1, -0.05) is 5.16 Å². The highest BCUT2D eigenvalue weighted by Gasteiger charge is 2.38. The number of anilines is 1. The number of benzene rings is 1. The largest absolute Gasteiger partial charge is 0.471 e. The summed E-state index contributed by atoms with van der Waals surface area (Å²) >= 11 is 0. The van der Waals surface area contributed by atoms with Crippen LogP contribution in [-0.4, -0.2) is 24.8 Å². The van der Waals surface area contributed by atoms with Crippen LogP contribution in [0.4, 0.5) is 23.2 Å². The molecule has 1 aromatic carbocycles. The van der Waals surface area contributed by atoms with E-state index in [1.807, 2.05) is 4.72 Å². The van der Waals surface area contributed by atoms with Crippen LogP contribution in [0.5, 0.6) is 0 Å². The lowest BCUT2D eigenvalue weighted by Crippen LogP contribution is -2.10. The normalized spacial score (nSPS) is 12.4. The molecular formula is C10H7F4N3O3S. The molecule has 2 rings (SSSR count). The number of rotatable bonds is 3. The van der Waals surface area contributed by atoms with E-state index in [4.69, 9.17) is 0 Å². The van der Waals surface area contributed by atoms with Gasteiger partial charge >= 0.3 is 12.1 Å². The molecule has 0 spiro atoms. The summed E-state index contributed by atoms with van der Waals surface area (Å²) in [4.78, 5) is 3.09. The SMILES string of the molecule is CS(=O)(=O)Nc1ccc(-c2noc(C(F)(F)F)n2)cc1F. The summed E-state index contributed by atoms with van der Waals surface area (Å²) in [6, 6.07) is 2.98. The second-order valence-electron chi connectivity index (χ2n) is 3.99. The van der Waals surface area contributed by atoms with Crippen molar-refractivity contribution in [2.75, 3.05) is 11.0 Å². The Morgan fingerprint density at radius 3 is 2.43 bits per heavy atom. The van der Waals surface area contributed by atoms with E-state index in [1.54, 1.807) is 0 Å². The van der Waals surface area contributed by atoms with E-state index in [0.29, 0.717) is 0 Å². The molecule has 114 valence electrons. The van der Waals surface area contributed by atoms with E-state index in [9.17, 15) is 26.0 Å². The van der Waals surface area contributed by atoms with Gasteiger partial charge in [0.2, 0.25) is 15.8 Å². The smallest absolute Gasteiger partial charge is 0.329 e.